The van der Waals surface area contributed by atoms with E-state index in [4.69, 9.17) is 0 Å². The molecule has 1 aromatic heterocycles. The molecule has 0 aromatic carbocycles. The van der Waals surface area contributed by atoms with E-state index >= 15 is 0 Å². The number of nitrogens with zero attached hydrogens (tertiary/aromatic N) is 3. The monoisotopic (exact) mass is 382 g/mol. The van der Waals surface area contributed by atoms with Crippen LogP contribution in [0.3, 0.4) is 0 Å². The van der Waals surface area contributed by atoms with E-state index in [0.29, 0.717) is 23.0 Å². The lowest BCUT2D eigenvalue weighted by atomic mass is 9.90. The Morgan fingerprint density at radius 2 is 1.74 bits per heavy atom. The average molecular weight is 383 g/mol. The van der Waals surface area contributed by atoms with Crippen LogP contribution in [0.5, 0.6) is 0 Å². The number of aromatic nitrogens is 2. The Balaban J connectivity index is 1.62. The zero-order valence-electron chi connectivity index (χ0n) is 12.9. The number of carbonyl (C=O) groups is 2. The van der Waals surface area contributed by atoms with Crippen LogP contribution in [0.15, 0.2) is 15.5 Å². The summed E-state index contributed by atoms with van der Waals surface area (Å²) in [4.78, 5) is 36.9. The molecule has 1 saturated heterocycles. The first kappa shape index (κ1) is 16.2. The SMILES string of the molecule is Cn1ncc(NC2CCC(N3C(=O)CCC3=O)CC2)c(Br)c1=O. The van der Waals surface area contributed by atoms with Crippen LogP contribution in [-0.2, 0) is 16.6 Å². The zero-order chi connectivity index (χ0) is 16.6. The van der Waals surface area contributed by atoms with Crippen molar-refractivity contribution in [2.24, 2.45) is 7.05 Å². The van der Waals surface area contributed by atoms with Gasteiger partial charge in [0.25, 0.3) is 5.56 Å². The smallest absolute Gasteiger partial charge is 0.282 e. The second-order valence-corrected chi connectivity index (χ2v) is 6.90. The van der Waals surface area contributed by atoms with Gasteiger partial charge in [-0.25, -0.2) is 4.68 Å². The van der Waals surface area contributed by atoms with Crippen molar-refractivity contribution in [2.45, 2.75) is 50.6 Å². The first-order valence-electron chi connectivity index (χ1n) is 7.80. The fourth-order valence-corrected chi connectivity index (χ4v) is 3.78. The van der Waals surface area contributed by atoms with Crippen LogP contribution >= 0.6 is 15.9 Å². The van der Waals surface area contributed by atoms with Crippen molar-refractivity contribution >= 4 is 33.4 Å². The van der Waals surface area contributed by atoms with Crippen LogP contribution in [0.1, 0.15) is 38.5 Å². The lowest BCUT2D eigenvalue weighted by Gasteiger charge is -2.34. The zero-order valence-corrected chi connectivity index (χ0v) is 14.5. The van der Waals surface area contributed by atoms with Crippen LogP contribution in [0.25, 0.3) is 0 Å². The number of carbonyl (C=O) groups excluding carboxylic acids is 2. The van der Waals surface area contributed by atoms with Crippen LogP contribution in [0.4, 0.5) is 5.69 Å². The van der Waals surface area contributed by atoms with Gasteiger partial charge in [-0.1, -0.05) is 0 Å². The Hall–Kier alpha value is -1.70. The number of anilines is 1. The standard InChI is InChI=1S/C15H19BrN4O3/c1-19-15(23)14(16)11(8-17-19)18-9-2-4-10(5-3-9)20-12(21)6-7-13(20)22/h8-10,18H,2-7H2,1H3. The number of halogens is 1. The summed E-state index contributed by atoms with van der Waals surface area (Å²) in [5.41, 5.74) is 0.502. The van der Waals surface area contributed by atoms with Crippen LogP contribution in [0, 0.1) is 0 Å². The summed E-state index contributed by atoms with van der Waals surface area (Å²) in [7, 11) is 1.60. The number of hydrogen-bond donors (Lipinski definition) is 1. The molecule has 1 aliphatic heterocycles. The first-order chi connectivity index (χ1) is 11.0. The Morgan fingerprint density at radius 3 is 2.35 bits per heavy atom. The van der Waals surface area contributed by atoms with Crippen molar-refractivity contribution in [2.75, 3.05) is 5.32 Å². The molecule has 0 atom stereocenters. The van der Waals surface area contributed by atoms with Gasteiger partial charge in [0.2, 0.25) is 11.8 Å². The average Bonchev–Trinajstić information content (AvgIpc) is 2.88. The van der Waals surface area contributed by atoms with E-state index in [1.165, 1.54) is 9.58 Å². The summed E-state index contributed by atoms with van der Waals surface area (Å²) in [5.74, 6) is -0.0742. The summed E-state index contributed by atoms with van der Waals surface area (Å²) in [6.45, 7) is 0. The third kappa shape index (κ3) is 3.17. The maximum atomic E-state index is 11.9. The fourth-order valence-electron chi connectivity index (χ4n) is 3.31. The van der Waals surface area contributed by atoms with Crippen molar-refractivity contribution in [3.8, 4) is 0 Å². The van der Waals surface area contributed by atoms with E-state index in [2.05, 4.69) is 26.3 Å². The Labute approximate surface area is 142 Å². The van der Waals surface area contributed by atoms with Gasteiger partial charge in [0.15, 0.2) is 0 Å². The van der Waals surface area contributed by atoms with Crippen LogP contribution < -0.4 is 10.9 Å². The molecule has 23 heavy (non-hydrogen) atoms. The highest BCUT2D eigenvalue weighted by atomic mass is 79.9. The summed E-state index contributed by atoms with van der Waals surface area (Å²) in [6, 6.07) is 0.241. The predicted molar refractivity (Wildman–Crippen MR) is 87.9 cm³/mol. The molecule has 1 N–H and O–H groups in total. The second kappa shape index (κ2) is 6.43. The molecule has 124 valence electrons. The van der Waals surface area contributed by atoms with Crippen molar-refractivity contribution in [1.82, 2.24) is 14.7 Å². The molecule has 0 spiro atoms. The summed E-state index contributed by atoms with van der Waals surface area (Å²) >= 11 is 3.31. The summed E-state index contributed by atoms with van der Waals surface area (Å²) < 4.78 is 1.75. The summed E-state index contributed by atoms with van der Waals surface area (Å²) in [6.07, 6.45) is 5.62. The molecule has 1 aromatic rings. The first-order valence-corrected chi connectivity index (χ1v) is 8.60. The third-order valence-electron chi connectivity index (χ3n) is 4.59. The maximum absolute atomic E-state index is 11.9. The van der Waals surface area contributed by atoms with Gasteiger partial charge in [0, 0.05) is 32.0 Å². The minimum Gasteiger partial charge on any atom is -0.380 e. The molecule has 7 nitrogen and oxygen atoms in total. The Bertz CT molecular complexity index is 678. The molecule has 8 heteroatoms. The van der Waals surface area contributed by atoms with Gasteiger partial charge in [0.1, 0.15) is 4.47 Å². The molecule has 2 fully saturated rings. The highest BCUT2D eigenvalue weighted by Crippen LogP contribution is 2.29. The van der Waals surface area contributed by atoms with Gasteiger partial charge in [-0.05, 0) is 41.6 Å². The van der Waals surface area contributed by atoms with Gasteiger partial charge in [-0.3, -0.25) is 19.3 Å². The topological polar surface area (TPSA) is 84.3 Å². The van der Waals surface area contributed by atoms with Gasteiger partial charge < -0.3 is 5.32 Å². The Morgan fingerprint density at radius 1 is 1.13 bits per heavy atom. The van der Waals surface area contributed by atoms with Crippen molar-refractivity contribution in [1.29, 1.82) is 0 Å². The molecule has 2 amide bonds. The molecular formula is C15H19BrN4O3. The number of likely N-dealkylation sites (tertiary alicyclic amines) is 1. The highest BCUT2D eigenvalue weighted by Gasteiger charge is 2.36. The molecule has 0 radical (unpaired) electrons. The number of amides is 2. The van der Waals surface area contributed by atoms with E-state index in [9.17, 15) is 14.4 Å². The maximum Gasteiger partial charge on any atom is 0.282 e. The van der Waals surface area contributed by atoms with Gasteiger partial charge in [-0.2, -0.15) is 5.10 Å². The summed E-state index contributed by atoms with van der Waals surface area (Å²) in [5, 5.41) is 7.36. The molecule has 2 heterocycles. The molecule has 0 unspecified atom stereocenters. The third-order valence-corrected chi connectivity index (χ3v) is 5.36. The van der Waals surface area contributed by atoms with E-state index in [-0.39, 0.29) is 29.5 Å². The highest BCUT2D eigenvalue weighted by molar-refractivity contribution is 9.10. The minimum atomic E-state index is -0.183. The van der Waals surface area contributed by atoms with Crippen molar-refractivity contribution < 1.29 is 9.59 Å². The number of imide groups is 1. The molecule has 2 aliphatic rings. The van der Waals surface area contributed by atoms with Crippen LogP contribution in [0.2, 0.25) is 0 Å². The van der Waals surface area contributed by atoms with Crippen molar-refractivity contribution in [3.63, 3.8) is 0 Å². The van der Waals surface area contributed by atoms with E-state index < -0.39 is 0 Å². The van der Waals surface area contributed by atoms with Gasteiger partial charge in [0.05, 0.1) is 11.9 Å². The lowest BCUT2D eigenvalue weighted by molar-refractivity contribution is -0.141. The predicted octanol–water partition coefficient (Wildman–Crippen LogP) is 1.41. The number of nitrogens with one attached hydrogen (secondary N) is 1. The number of rotatable bonds is 3. The minimum absolute atomic E-state index is 0.0285. The fraction of sp³-hybridized carbons (Fsp3) is 0.600. The Kier molecular flexibility index (Phi) is 4.52. The van der Waals surface area contributed by atoms with Crippen molar-refractivity contribution in [3.05, 3.63) is 21.0 Å². The molecule has 1 aliphatic carbocycles. The number of aryl methyl sites for hydroxylation is 1. The van der Waals surface area contributed by atoms with E-state index in [1.807, 2.05) is 0 Å². The largest absolute Gasteiger partial charge is 0.380 e. The molecule has 0 bridgehead atoms. The quantitative estimate of drug-likeness (QED) is 0.799. The molecule has 1 saturated carbocycles. The molecule has 3 rings (SSSR count). The normalized spacial score (nSPS) is 25.0. The van der Waals surface area contributed by atoms with Crippen LogP contribution in [-0.4, -0.2) is 38.6 Å². The second-order valence-electron chi connectivity index (χ2n) is 6.11. The van der Waals surface area contributed by atoms with Gasteiger partial charge in [-0.15, -0.1) is 0 Å². The van der Waals surface area contributed by atoms with E-state index in [0.717, 1.165) is 25.7 Å². The number of hydrogen-bond acceptors (Lipinski definition) is 5. The van der Waals surface area contributed by atoms with E-state index in [1.54, 1.807) is 13.2 Å². The van der Waals surface area contributed by atoms with Gasteiger partial charge >= 0.3 is 0 Å². The molecular weight excluding hydrogens is 364 g/mol. The lowest BCUT2D eigenvalue weighted by Crippen LogP contribution is -2.43.